The van der Waals surface area contributed by atoms with Crippen molar-refractivity contribution < 1.29 is 9.26 Å². The molecule has 8 heteroatoms. The van der Waals surface area contributed by atoms with Crippen molar-refractivity contribution in [2.45, 2.75) is 18.4 Å². The Morgan fingerprint density at radius 1 is 1.50 bits per heavy atom. The summed E-state index contributed by atoms with van der Waals surface area (Å²) in [5.41, 5.74) is 0. The first-order chi connectivity index (χ1) is 8.88. The minimum Gasteiger partial charge on any atom is -0.381 e. The van der Waals surface area contributed by atoms with Crippen molar-refractivity contribution in [1.82, 2.24) is 30.6 Å². The maximum absolute atomic E-state index is 5.46. The van der Waals surface area contributed by atoms with Crippen LogP contribution in [0.4, 0.5) is 0 Å². The topological polar surface area (TPSA) is 102 Å². The highest BCUT2D eigenvalue weighted by Crippen LogP contribution is 2.25. The molecule has 0 spiro atoms. The Hall–Kier alpha value is -1.80. The van der Waals surface area contributed by atoms with Crippen molar-refractivity contribution in [3.8, 4) is 11.6 Å². The minimum atomic E-state index is 0.0768. The molecule has 2 aromatic heterocycles. The second-order valence-corrected chi connectivity index (χ2v) is 4.16. The highest BCUT2D eigenvalue weighted by atomic mass is 16.5. The van der Waals surface area contributed by atoms with Crippen LogP contribution in [0.3, 0.4) is 0 Å². The van der Waals surface area contributed by atoms with E-state index in [1.807, 2.05) is 7.05 Å². The molecule has 3 heterocycles. The number of rotatable bonds is 3. The average molecular weight is 250 g/mol. The van der Waals surface area contributed by atoms with E-state index in [0.29, 0.717) is 30.2 Å². The van der Waals surface area contributed by atoms with Crippen LogP contribution in [0, 0.1) is 0 Å². The summed E-state index contributed by atoms with van der Waals surface area (Å²) in [6, 6.07) is 0.293. The van der Waals surface area contributed by atoms with E-state index in [2.05, 4.69) is 30.6 Å². The third kappa shape index (κ3) is 2.00. The van der Waals surface area contributed by atoms with E-state index in [4.69, 9.17) is 9.26 Å². The quantitative estimate of drug-likeness (QED) is 0.787. The number of aromatic nitrogens is 5. The Balaban J connectivity index is 1.84. The zero-order valence-corrected chi connectivity index (χ0v) is 9.96. The van der Waals surface area contributed by atoms with Crippen molar-refractivity contribution in [1.29, 1.82) is 0 Å². The van der Waals surface area contributed by atoms with Gasteiger partial charge < -0.3 is 14.6 Å². The van der Waals surface area contributed by atoms with Crippen LogP contribution in [-0.4, -0.2) is 51.6 Å². The van der Waals surface area contributed by atoms with E-state index in [-0.39, 0.29) is 5.92 Å². The monoisotopic (exact) mass is 250 g/mol. The molecule has 0 aromatic carbocycles. The molecule has 0 amide bonds. The first-order valence-electron chi connectivity index (χ1n) is 5.83. The average Bonchev–Trinajstić information content (AvgIpc) is 3.09. The van der Waals surface area contributed by atoms with Crippen LogP contribution in [0.25, 0.3) is 11.6 Å². The van der Waals surface area contributed by atoms with Crippen molar-refractivity contribution in [3.05, 3.63) is 12.2 Å². The third-order valence-corrected chi connectivity index (χ3v) is 3.11. The normalized spacial score (nSPS) is 24.3. The van der Waals surface area contributed by atoms with E-state index >= 15 is 0 Å². The number of aromatic amines is 1. The van der Waals surface area contributed by atoms with E-state index in [9.17, 15) is 0 Å². The standard InChI is InChI=1S/C10H14N6O2/c1-11-7-2-3-17-4-6(7)10-14-9(16-18-10)8-12-5-13-15-8/h5-7,11H,2-4H2,1H3,(H,12,13,15). The molecule has 0 aliphatic carbocycles. The van der Waals surface area contributed by atoms with Crippen molar-refractivity contribution >= 4 is 0 Å². The molecule has 8 nitrogen and oxygen atoms in total. The molecule has 2 N–H and O–H groups in total. The minimum absolute atomic E-state index is 0.0768. The Morgan fingerprint density at radius 2 is 2.44 bits per heavy atom. The van der Waals surface area contributed by atoms with Gasteiger partial charge in [-0.3, -0.25) is 5.10 Å². The highest BCUT2D eigenvalue weighted by Gasteiger charge is 2.31. The Labute approximate surface area is 103 Å². The summed E-state index contributed by atoms with van der Waals surface area (Å²) < 4.78 is 10.8. The molecule has 0 bridgehead atoms. The van der Waals surface area contributed by atoms with Gasteiger partial charge >= 0.3 is 0 Å². The summed E-state index contributed by atoms with van der Waals surface area (Å²) in [7, 11) is 1.93. The summed E-state index contributed by atoms with van der Waals surface area (Å²) in [5.74, 6) is 1.57. The van der Waals surface area contributed by atoms with E-state index in [0.717, 1.165) is 13.0 Å². The van der Waals surface area contributed by atoms with E-state index < -0.39 is 0 Å². The second kappa shape index (κ2) is 4.83. The number of H-pyrrole nitrogens is 1. The van der Waals surface area contributed by atoms with Crippen LogP contribution in [0.2, 0.25) is 0 Å². The van der Waals surface area contributed by atoms with Crippen molar-refractivity contribution in [2.75, 3.05) is 20.3 Å². The van der Waals surface area contributed by atoms with Crippen molar-refractivity contribution in [2.24, 2.45) is 0 Å². The van der Waals surface area contributed by atoms with Gasteiger partial charge in [-0.1, -0.05) is 5.16 Å². The number of hydrogen-bond donors (Lipinski definition) is 2. The summed E-state index contributed by atoms with van der Waals surface area (Å²) in [4.78, 5) is 8.33. The molecule has 1 aliphatic heterocycles. The molecule has 18 heavy (non-hydrogen) atoms. The van der Waals surface area contributed by atoms with E-state index in [1.165, 1.54) is 6.33 Å². The SMILES string of the molecule is CNC1CCOCC1c1nc(-c2ncn[nH]2)no1. The lowest BCUT2D eigenvalue weighted by atomic mass is 9.96. The fourth-order valence-corrected chi connectivity index (χ4v) is 2.12. The van der Waals surface area contributed by atoms with Crippen LogP contribution in [-0.2, 0) is 4.74 Å². The number of ether oxygens (including phenoxy) is 1. The molecule has 2 unspecified atom stereocenters. The summed E-state index contributed by atoms with van der Waals surface area (Å²) in [6.07, 6.45) is 2.34. The maximum atomic E-state index is 5.46. The predicted molar refractivity (Wildman–Crippen MR) is 60.7 cm³/mol. The van der Waals surface area contributed by atoms with Gasteiger partial charge in [-0.2, -0.15) is 10.1 Å². The number of hydrogen-bond acceptors (Lipinski definition) is 7. The zero-order chi connectivity index (χ0) is 12.4. The maximum Gasteiger partial charge on any atom is 0.239 e. The summed E-state index contributed by atoms with van der Waals surface area (Å²) >= 11 is 0. The number of likely N-dealkylation sites (N-methyl/N-ethyl adjacent to an activating group) is 1. The lowest BCUT2D eigenvalue weighted by molar-refractivity contribution is 0.0516. The van der Waals surface area contributed by atoms with Crippen LogP contribution in [0.1, 0.15) is 18.2 Å². The van der Waals surface area contributed by atoms with Gasteiger partial charge in [-0.25, -0.2) is 4.98 Å². The highest BCUT2D eigenvalue weighted by molar-refractivity contribution is 5.39. The zero-order valence-electron chi connectivity index (χ0n) is 9.96. The molecule has 0 saturated carbocycles. The largest absolute Gasteiger partial charge is 0.381 e. The molecule has 3 rings (SSSR count). The van der Waals surface area contributed by atoms with Gasteiger partial charge in [0.05, 0.1) is 12.5 Å². The first kappa shape index (κ1) is 11.3. The first-order valence-corrected chi connectivity index (χ1v) is 5.83. The lowest BCUT2D eigenvalue weighted by Crippen LogP contribution is -2.39. The third-order valence-electron chi connectivity index (χ3n) is 3.11. The predicted octanol–water partition coefficient (Wildman–Crippen LogP) is -0.0534. The van der Waals surface area contributed by atoms with Gasteiger partial charge in [-0.05, 0) is 13.5 Å². The molecule has 1 saturated heterocycles. The van der Waals surface area contributed by atoms with Crippen LogP contribution in [0.15, 0.2) is 10.9 Å². The number of nitrogens with zero attached hydrogens (tertiary/aromatic N) is 4. The molecular formula is C10H14N6O2. The fourth-order valence-electron chi connectivity index (χ4n) is 2.12. The van der Waals surface area contributed by atoms with Gasteiger partial charge in [0, 0.05) is 12.6 Å². The Bertz CT molecular complexity index is 496. The molecule has 96 valence electrons. The smallest absolute Gasteiger partial charge is 0.239 e. The van der Waals surface area contributed by atoms with Gasteiger partial charge in [-0.15, -0.1) is 0 Å². The molecule has 2 atom stereocenters. The Morgan fingerprint density at radius 3 is 3.22 bits per heavy atom. The van der Waals surface area contributed by atoms with Gasteiger partial charge in [0.15, 0.2) is 5.82 Å². The van der Waals surface area contributed by atoms with E-state index in [1.54, 1.807) is 0 Å². The molecule has 1 aliphatic rings. The molecule has 2 aromatic rings. The molecule has 1 fully saturated rings. The second-order valence-electron chi connectivity index (χ2n) is 4.16. The van der Waals surface area contributed by atoms with Gasteiger partial charge in [0.2, 0.25) is 11.7 Å². The lowest BCUT2D eigenvalue weighted by Gasteiger charge is -2.28. The Kier molecular flexibility index (Phi) is 3.03. The summed E-state index contributed by atoms with van der Waals surface area (Å²) in [5, 5.41) is 13.6. The van der Waals surface area contributed by atoms with Crippen LogP contribution < -0.4 is 5.32 Å². The van der Waals surface area contributed by atoms with Crippen LogP contribution >= 0.6 is 0 Å². The van der Waals surface area contributed by atoms with Gasteiger partial charge in [0.25, 0.3) is 0 Å². The van der Waals surface area contributed by atoms with Crippen molar-refractivity contribution in [3.63, 3.8) is 0 Å². The molecular weight excluding hydrogens is 236 g/mol. The van der Waals surface area contributed by atoms with Gasteiger partial charge in [0.1, 0.15) is 6.33 Å². The number of nitrogens with one attached hydrogen (secondary N) is 2. The molecule has 0 radical (unpaired) electrons. The van der Waals surface area contributed by atoms with Crippen LogP contribution in [0.5, 0.6) is 0 Å². The fraction of sp³-hybridized carbons (Fsp3) is 0.600. The summed E-state index contributed by atoms with van der Waals surface area (Å²) in [6.45, 7) is 1.34.